The van der Waals surface area contributed by atoms with Gasteiger partial charge in [0.1, 0.15) is 16.4 Å². The molecule has 1 aromatic rings. The number of nitrogen functional groups attached to an aromatic ring is 1. The Bertz CT molecular complexity index is 630. The van der Waals surface area contributed by atoms with Gasteiger partial charge in [-0.25, -0.2) is 21.9 Å². The molecule has 0 spiro atoms. The van der Waals surface area contributed by atoms with Crippen molar-refractivity contribution in [2.75, 3.05) is 5.73 Å². The van der Waals surface area contributed by atoms with Crippen LogP contribution >= 0.6 is 0 Å². The van der Waals surface area contributed by atoms with Crippen molar-refractivity contribution in [1.82, 2.24) is 4.72 Å². The molecule has 7 heteroatoms. The molecule has 20 heavy (non-hydrogen) atoms. The van der Waals surface area contributed by atoms with Gasteiger partial charge in [-0.3, -0.25) is 0 Å². The van der Waals surface area contributed by atoms with E-state index in [1.807, 2.05) is 0 Å². The summed E-state index contributed by atoms with van der Waals surface area (Å²) >= 11 is 0. The summed E-state index contributed by atoms with van der Waals surface area (Å²) in [6.07, 6.45) is 2.28. The minimum atomic E-state index is -4.04. The highest BCUT2D eigenvalue weighted by molar-refractivity contribution is 7.89. The Kier molecular flexibility index (Phi) is 3.77. The van der Waals surface area contributed by atoms with E-state index >= 15 is 0 Å². The van der Waals surface area contributed by atoms with Gasteiger partial charge in [0.15, 0.2) is 5.82 Å². The van der Waals surface area contributed by atoms with Crippen LogP contribution in [0.15, 0.2) is 17.0 Å². The minimum Gasteiger partial charge on any atom is -0.394 e. The van der Waals surface area contributed by atoms with Crippen molar-refractivity contribution >= 4 is 15.7 Å². The molecule has 0 heterocycles. The first kappa shape index (κ1) is 15.2. The standard InChI is InChI=1S/C13H18F2N2O2S/c1-13(2)6-5-8(7-13)17-20(18,19)10-4-3-9(14)12(16)11(10)15/h3-4,8,17H,5-7,16H2,1-2H3. The van der Waals surface area contributed by atoms with Crippen molar-refractivity contribution in [2.45, 2.75) is 44.0 Å². The SMILES string of the molecule is CC1(C)CCC(NS(=O)(=O)c2ccc(F)c(N)c2F)C1. The third-order valence-electron chi connectivity index (χ3n) is 3.67. The number of sulfonamides is 1. The zero-order valence-corrected chi connectivity index (χ0v) is 12.2. The quantitative estimate of drug-likeness (QED) is 0.842. The summed E-state index contributed by atoms with van der Waals surface area (Å²) in [5.41, 5.74) is 4.47. The summed E-state index contributed by atoms with van der Waals surface area (Å²) in [6.45, 7) is 4.11. The molecule has 1 aromatic carbocycles. The van der Waals surface area contributed by atoms with Gasteiger partial charge in [0.2, 0.25) is 10.0 Å². The van der Waals surface area contributed by atoms with Crippen LogP contribution < -0.4 is 10.5 Å². The molecule has 4 nitrogen and oxygen atoms in total. The Morgan fingerprint density at radius 3 is 2.55 bits per heavy atom. The fourth-order valence-corrected chi connectivity index (χ4v) is 3.94. The van der Waals surface area contributed by atoms with Crippen LogP contribution in [0, 0.1) is 17.0 Å². The normalized spacial score (nSPS) is 22.1. The van der Waals surface area contributed by atoms with E-state index in [0.717, 1.165) is 18.6 Å². The molecule has 0 saturated heterocycles. The van der Waals surface area contributed by atoms with Crippen LogP contribution in [0.4, 0.5) is 14.5 Å². The number of rotatable bonds is 3. The van der Waals surface area contributed by atoms with Crippen LogP contribution in [0.3, 0.4) is 0 Å². The summed E-state index contributed by atoms with van der Waals surface area (Å²) in [5, 5.41) is 0. The van der Waals surface area contributed by atoms with E-state index in [1.165, 1.54) is 0 Å². The van der Waals surface area contributed by atoms with Gasteiger partial charge in [-0.05, 0) is 36.8 Å². The average molecular weight is 304 g/mol. The lowest BCUT2D eigenvalue weighted by Gasteiger charge is -2.18. The molecule has 3 N–H and O–H groups in total. The summed E-state index contributed by atoms with van der Waals surface area (Å²) in [6, 6.07) is 1.51. The van der Waals surface area contributed by atoms with Crippen LogP contribution in [0.5, 0.6) is 0 Å². The van der Waals surface area contributed by atoms with Gasteiger partial charge in [0.05, 0.1) is 0 Å². The number of anilines is 1. The zero-order valence-electron chi connectivity index (χ0n) is 11.4. The maximum Gasteiger partial charge on any atom is 0.243 e. The second-order valence-electron chi connectivity index (χ2n) is 6.00. The lowest BCUT2D eigenvalue weighted by Crippen LogP contribution is -2.34. The number of hydrogen-bond acceptors (Lipinski definition) is 3. The van der Waals surface area contributed by atoms with Crippen molar-refractivity contribution in [3.05, 3.63) is 23.8 Å². The van der Waals surface area contributed by atoms with Crippen molar-refractivity contribution in [1.29, 1.82) is 0 Å². The number of nitrogens with two attached hydrogens (primary N) is 1. The smallest absolute Gasteiger partial charge is 0.243 e. The van der Waals surface area contributed by atoms with Crippen molar-refractivity contribution in [2.24, 2.45) is 5.41 Å². The second kappa shape index (κ2) is 4.96. The molecule has 1 atom stereocenters. The van der Waals surface area contributed by atoms with Crippen molar-refractivity contribution < 1.29 is 17.2 Å². The highest BCUT2D eigenvalue weighted by Crippen LogP contribution is 2.37. The van der Waals surface area contributed by atoms with Gasteiger partial charge in [-0.15, -0.1) is 0 Å². The molecule has 2 rings (SSSR count). The third-order valence-corrected chi connectivity index (χ3v) is 5.21. The number of halogens is 2. The molecule has 0 aromatic heterocycles. The average Bonchev–Trinajstić information content (AvgIpc) is 2.64. The largest absolute Gasteiger partial charge is 0.394 e. The molecule has 1 aliphatic rings. The molecule has 1 fully saturated rings. The molecule has 1 unspecified atom stereocenters. The summed E-state index contributed by atoms with van der Waals surface area (Å²) in [7, 11) is -4.04. The Morgan fingerprint density at radius 2 is 2.00 bits per heavy atom. The van der Waals surface area contributed by atoms with Gasteiger partial charge in [0, 0.05) is 6.04 Å². The highest BCUT2D eigenvalue weighted by atomic mass is 32.2. The topological polar surface area (TPSA) is 72.2 Å². The predicted molar refractivity (Wildman–Crippen MR) is 72.5 cm³/mol. The van der Waals surface area contributed by atoms with E-state index in [9.17, 15) is 17.2 Å². The molecular weight excluding hydrogens is 286 g/mol. The molecule has 0 bridgehead atoms. The van der Waals surface area contributed by atoms with E-state index in [4.69, 9.17) is 5.73 Å². The fourth-order valence-electron chi connectivity index (χ4n) is 2.58. The first-order valence-corrected chi connectivity index (χ1v) is 7.86. The lowest BCUT2D eigenvalue weighted by atomic mass is 9.92. The summed E-state index contributed by atoms with van der Waals surface area (Å²) in [5.74, 6) is -2.21. The highest BCUT2D eigenvalue weighted by Gasteiger charge is 2.34. The van der Waals surface area contributed by atoms with Crippen LogP contribution in [0.2, 0.25) is 0 Å². The Balaban J connectivity index is 2.26. The van der Waals surface area contributed by atoms with Gasteiger partial charge in [-0.1, -0.05) is 13.8 Å². The molecular formula is C13H18F2N2O2S. The monoisotopic (exact) mass is 304 g/mol. The molecule has 0 aliphatic heterocycles. The summed E-state index contributed by atoms with van der Waals surface area (Å²) in [4.78, 5) is -0.610. The maximum absolute atomic E-state index is 13.8. The Labute approximate surface area is 117 Å². The predicted octanol–water partition coefficient (Wildman–Crippen LogP) is 2.40. The molecule has 1 saturated carbocycles. The van der Waals surface area contributed by atoms with Gasteiger partial charge >= 0.3 is 0 Å². The van der Waals surface area contributed by atoms with Crippen LogP contribution in [-0.2, 0) is 10.0 Å². The van der Waals surface area contributed by atoms with Crippen LogP contribution in [0.25, 0.3) is 0 Å². The van der Waals surface area contributed by atoms with Gasteiger partial charge in [0.25, 0.3) is 0 Å². The number of nitrogens with one attached hydrogen (secondary N) is 1. The third kappa shape index (κ3) is 2.93. The minimum absolute atomic E-state index is 0.0631. The van der Waals surface area contributed by atoms with E-state index in [2.05, 4.69) is 18.6 Å². The molecule has 0 radical (unpaired) electrons. The zero-order chi connectivity index (χ0) is 15.1. The number of benzene rings is 1. The first-order valence-electron chi connectivity index (χ1n) is 6.38. The van der Waals surface area contributed by atoms with E-state index in [-0.39, 0.29) is 11.5 Å². The molecule has 0 amide bonds. The van der Waals surface area contributed by atoms with Gasteiger partial charge < -0.3 is 5.73 Å². The van der Waals surface area contributed by atoms with E-state index < -0.39 is 32.2 Å². The Morgan fingerprint density at radius 1 is 1.35 bits per heavy atom. The second-order valence-corrected chi connectivity index (χ2v) is 7.68. The van der Waals surface area contributed by atoms with Crippen molar-refractivity contribution in [3.8, 4) is 0 Å². The van der Waals surface area contributed by atoms with E-state index in [0.29, 0.717) is 12.8 Å². The van der Waals surface area contributed by atoms with Crippen LogP contribution in [0.1, 0.15) is 33.1 Å². The van der Waals surface area contributed by atoms with Gasteiger partial charge in [-0.2, -0.15) is 0 Å². The maximum atomic E-state index is 13.8. The van der Waals surface area contributed by atoms with Crippen LogP contribution in [-0.4, -0.2) is 14.5 Å². The first-order chi connectivity index (χ1) is 9.12. The lowest BCUT2D eigenvalue weighted by molar-refractivity contribution is 0.372. The summed E-state index contributed by atoms with van der Waals surface area (Å²) < 4.78 is 53.7. The molecule has 112 valence electrons. The fraction of sp³-hybridized carbons (Fsp3) is 0.538. The van der Waals surface area contributed by atoms with Crippen molar-refractivity contribution in [3.63, 3.8) is 0 Å². The van der Waals surface area contributed by atoms with E-state index in [1.54, 1.807) is 0 Å². The molecule has 1 aliphatic carbocycles. The Hall–Kier alpha value is -1.21. The number of hydrogen-bond donors (Lipinski definition) is 2.